The highest BCUT2D eigenvalue weighted by Gasteiger charge is 2.29. The second kappa shape index (κ2) is 5.29. The van der Waals surface area contributed by atoms with E-state index >= 15 is 0 Å². The molecule has 20 heavy (non-hydrogen) atoms. The lowest BCUT2D eigenvalue weighted by Gasteiger charge is -2.24. The molecule has 2 aromatic rings. The molecule has 1 fully saturated rings. The van der Waals surface area contributed by atoms with Crippen molar-refractivity contribution in [2.75, 3.05) is 25.6 Å². The number of pyridine rings is 1. The molecule has 0 spiro atoms. The smallest absolute Gasteiger partial charge is 0.134 e. The van der Waals surface area contributed by atoms with Gasteiger partial charge in [0.05, 0.1) is 12.7 Å². The molecule has 3 rings (SSSR count). The Bertz CT molecular complexity index is 606. The van der Waals surface area contributed by atoms with Gasteiger partial charge in [0, 0.05) is 30.1 Å². The Morgan fingerprint density at radius 2 is 2.25 bits per heavy atom. The third-order valence-corrected chi connectivity index (χ3v) is 3.92. The lowest BCUT2D eigenvalue weighted by atomic mass is 10.0. The molecular weight excluding hydrogens is 252 g/mol. The van der Waals surface area contributed by atoms with E-state index in [1.807, 2.05) is 24.4 Å². The lowest BCUT2D eigenvalue weighted by Crippen LogP contribution is -2.32. The number of nitrogens with one attached hydrogen (secondary N) is 1. The molecule has 1 aromatic carbocycles. The molecule has 1 aromatic heterocycles. The molecule has 0 aliphatic carbocycles. The number of hydrogen-bond acceptors (Lipinski definition) is 4. The third kappa shape index (κ3) is 2.43. The SMILES string of the molecule is COc1cccc2c(NCC3(C)CCCO3)nccc12. The van der Waals surface area contributed by atoms with Crippen LogP contribution in [-0.2, 0) is 4.74 Å². The van der Waals surface area contributed by atoms with Gasteiger partial charge in [0.15, 0.2) is 0 Å². The number of ether oxygens (including phenoxy) is 2. The molecule has 1 saturated heterocycles. The maximum absolute atomic E-state index is 5.80. The molecule has 1 atom stereocenters. The molecule has 1 N–H and O–H groups in total. The zero-order valence-electron chi connectivity index (χ0n) is 12.0. The van der Waals surface area contributed by atoms with Crippen molar-refractivity contribution in [3.63, 3.8) is 0 Å². The summed E-state index contributed by atoms with van der Waals surface area (Å²) in [6.07, 6.45) is 4.04. The first-order chi connectivity index (χ1) is 9.72. The van der Waals surface area contributed by atoms with Crippen molar-refractivity contribution in [1.29, 1.82) is 0 Å². The van der Waals surface area contributed by atoms with E-state index in [1.165, 1.54) is 0 Å². The predicted octanol–water partition coefficient (Wildman–Crippen LogP) is 3.22. The first-order valence-electron chi connectivity index (χ1n) is 7.01. The number of benzene rings is 1. The highest BCUT2D eigenvalue weighted by atomic mass is 16.5. The van der Waals surface area contributed by atoms with Crippen molar-refractivity contribution in [2.24, 2.45) is 0 Å². The van der Waals surface area contributed by atoms with Crippen LogP contribution in [0, 0.1) is 0 Å². The van der Waals surface area contributed by atoms with Crippen molar-refractivity contribution < 1.29 is 9.47 Å². The minimum atomic E-state index is -0.0806. The highest BCUT2D eigenvalue weighted by Crippen LogP contribution is 2.30. The fourth-order valence-electron chi connectivity index (χ4n) is 2.74. The molecule has 4 nitrogen and oxygen atoms in total. The van der Waals surface area contributed by atoms with Crippen LogP contribution in [0.3, 0.4) is 0 Å². The Morgan fingerprint density at radius 1 is 1.35 bits per heavy atom. The van der Waals surface area contributed by atoms with Crippen LogP contribution in [0.4, 0.5) is 5.82 Å². The fraction of sp³-hybridized carbons (Fsp3) is 0.438. The average molecular weight is 272 g/mol. The summed E-state index contributed by atoms with van der Waals surface area (Å²) >= 11 is 0. The molecule has 0 amide bonds. The van der Waals surface area contributed by atoms with Crippen molar-refractivity contribution in [1.82, 2.24) is 4.98 Å². The zero-order chi connectivity index (χ0) is 14.0. The van der Waals surface area contributed by atoms with Crippen LogP contribution < -0.4 is 10.1 Å². The Balaban J connectivity index is 1.88. The minimum Gasteiger partial charge on any atom is -0.496 e. The van der Waals surface area contributed by atoms with Gasteiger partial charge in [-0.3, -0.25) is 0 Å². The van der Waals surface area contributed by atoms with Gasteiger partial charge in [0.1, 0.15) is 11.6 Å². The number of methoxy groups -OCH3 is 1. The van der Waals surface area contributed by atoms with Crippen LogP contribution >= 0.6 is 0 Å². The van der Waals surface area contributed by atoms with E-state index in [0.29, 0.717) is 0 Å². The first-order valence-corrected chi connectivity index (χ1v) is 7.01. The number of hydrogen-bond donors (Lipinski definition) is 1. The lowest BCUT2D eigenvalue weighted by molar-refractivity contribution is 0.0315. The monoisotopic (exact) mass is 272 g/mol. The molecule has 2 heterocycles. The van der Waals surface area contributed by atoms with E-state index in [9.17, 15) is 0 Å². The van der Waals surface area contributed by atoms with Crippen molar-refractivity contribution >= 4 is 16.6 Å². The number of nitrogens with zero attached hydrogens (tertiary/aromatic N) is 1. The summed E-state index contributed by atoms with van der Waals surface area (Å²) in [7, 11) is 1.69. The van der Waals surface area contributed by atoms with Gasteiger partial charge in [-0.2, -0.15) is 0 Å². The van der Waals surface area contributed by atoms with Crippen LogP contribution in [0.5, 0.6) is 5.75 Å². The quantitative estimate of drug-likeness (QED) is 0.928. The summed E-state index contributed by atoms with van der Waals surface area (Å²) < 4.78 is 11.2. The number of aromatic nitrogens is 1. The van der Waals surface area contributed by atoms with Gasteiger partial charge in [0.2, 0.25) is 0 Å². The zero-order valence-corrected chi connectivity index (χ0v) is 12.0. The van der Waals surface area contributed by atoms with Crippen molar-refractivity contribution in [3.05, 3.63) is 30.5 Å². The summed E-state index contributed by atoms with van der Waals surface area (Å²) in [4.78, 5) is 4.45. The van der Waals surface area contributed by atoms with Gasteiger partial charge in [-0.05, 0) is 31.9 Å². The highest BCUT2D eigenvalue weighted by molar-refractivity contribution is 5.95. The molecule has 0 saturated carbocycles. The maximum atomic E-state index is 5.80. The Morgan fingerprint density at radius 3 is 3.00 bits per heavy atom. The number of rotatable bonds is 4. The summed E-state index contributed by atoms with van der Waals surface area (Å²) in [6, 6.07) is 7.99. The molecule has 1 aliphatic rings. The molecule has 1 aliphatic heterocycles. The molecule has 4 heteroatoms. The summed E-state index contributed by atoms with van der Waals surface area (Å²) in [5.41, 5.74) is -0.0806. The summed E-state index contributed by atoms with van der Waals surface area (Å²) in [5, 5.41) is 5.58. The van der Waals surface area contributed by atoms with Gasteiger partial charge < -0.3 is 14.8 Å². The topological polar surface area (TPSA) is 43.4 Å². The average Bonchev–Trinajstić information content (AvgIpc) is 2.91. The largest absolute Gasteiger partial charge is 0.496 e. The Labute approximate surface area is 119 Å². The van der Waals surface area contributed by atoms with Crippen LogP contribution in [-0.4, -0.2) is 30.8 Å². The maximum Gasteiger partial charge on any atom is 0.134 e. The second-order valence-electron chi connectivity index (χ2n) is 5.47. The van der Waals surface area contributed by atoms with Crippen LogP contribution in [0.25, 0.3) is 10.8 Å². The fourth-order valence-corrected chi connectivity index (χ4v) is 2.74. The first kappa shape index (κ1) is 13.2. The van der Waals surface area contributed by atoms with Gasteiger partial charge in [-0.25, -0.2) is 4.98 Å². The Hall–Kier alpha value is -1.81. The molecular formula is C16H20N2O2. The summed E-state index contributed by atoms with van der Waals surface area (Å²) in [5.74, 6) is 1.76. The van der Waals surface area contributed by atoms with Crippen molar-refractivity contribution in [3.8, 4) is 5.75 Å². The van der Waals surface area contributed by atoms with Gasteiger partial charge >= 0.3 is 0 Å². The molecule has 0 bridgehead atoms. The van der Waals surface area contributed by atoms with Gasteiger partial charge in [0.25, 0.3) is 0 Å². The van der Waals surface area contributed by atoms with Gasteiger partial charge in [-0.1, -0.05) is 12.1 Å². The second-order valence-corrected chi connectivity index (χ2v) is 5.47. The van der Waals surface area contributed by atoms with E-state index in [0.717, 1.165) is 48.3 Å². The van der Waals surface area contributed by atoms with E-state index in [4.69, 9.17) is 9.47 Å². The third-order valence-electron chi connectivity index (χ3n) is 3.92. The number of anilines is 1. The Kier molecular flexibility index (Phi) is 3.49. The molecule has 1 unspecified atom stereocenters. The van der Waals surface area contributed by atoms with Crippen LogP contribution in [0.2, 0.25) is 0 Å². The minimum absolute atomic E-state index is 0.0806. The molecule has 106 valence electrons. The summed E-state index contributed by atoms with van der Waals surface area (Å²) in [6.45, 7) is 3.78. The van der Waals surface area contributed by atoms with E-state index in [2.05, 4.69) is 23.3 Å². The standard InChI is InChI=1S/C16H20N2O2/c1-16(8-4-10-20-16)11-18-15-13-5-3-6-14(19-2)12(13)7-9-17-15/h3,5-7,9H,4,8,10-11H2,1-2H3,(H,17,18). The van der Waals surface area contributed by atoms with Crippen LogP contribution in [0.1, 0.15) is 19.8 Å². The molecule has 0 radical (unpaired) electrons. The number of fused-ring (bicyclic) bond motifs is 1. The van der Waals surface area contributed by atoms with E-state index < -0.39 is 0 Å². The predicted molar refractivity (Wildman–Crippen MR) is 80.4 cm³/mol. The van der Waals surface area contributed by atoms with Crippen LogP contribution in [0.15, 0.2) is 30.5 Å². The van der Waals surface area contributed by atoms with Gasteiger partial charge in [-0.15, -0.1) is 0 Å². The normalized spacial score (nSPS) is 22.1. The van der Waals surface area contributed by atoms with Crippen molar-refractivity contribution in [2.45, 2.75) is 25.4 Å². The van der Waals surface area contributed by atoms with E-state index in [1.54, 1.807) is 7.11 Å². The van der Waals surface area contributed by atoms with E-state index in [-0.39, 0.29) is 5.60 Å².